The number of furan rings is 1. The van der Waals surface area contributed by atoms with Crippen LogP contribution in [0.15, 0.2) is 59.0 Å². The first-order chi connectivity index (χ1) is 16.2. The second kappa shape index (κ2) is 10.4. The molecule has 1 aromatic heterocycles. The van der Waals surface area contributed by atoms with Crippen molar-refractivity contribution in [3.63, 3.8) is 0 Å². The van der Waals surface area contributed by atoms with Gasteiger partial charge in [0.1, 0.15) is 18.1 Å². The van der Waals surface area contributed by atoms with Crippen molar-refractivity contribution < 1.29 is 18.7 Å². The Morgan fingerprint density at radius 2 is 1.82 bits per heavy atom. The molecule has 2 saturated heterocycles. The highest BCUT2D eigenvalue weighted by Crippen LogP contribution is 2.23. The van der Waals surface area contributed by atoms with Gasteiger partial charge in [-0.25, -0.2) is 0 Å². The summed E-state index contributed by atoms with van der Waals surface area (Å²) in [5.74, 6) is 1.71. The number of hydrogen-bond donors (Lipinski definition) is 0. The Labute approximate surface area is 195 Å². The van der Waals surface area contributed by atoms with Gasteiger partial charge in [0.15, 0.2) is 5.76 Å². The van der Waals surface area contributed by atoms with Crippen LogP contribution in [0.2, 0.25) is 0 Å². The minimum absolute atomic E-state index is 0.0749. The second-order valence-corrected chi connectivity index (χ2v) is 9.00. The van der Waals surface area contributed by atoms with E-state index in [1.807, 2.05) is 41.3 Å². The number of fused-ring (bicyclic) bond motifs is 1. The first-order valence-corrected chi connectivity index (χ1v) is 12.1. The predicted octanol–water partition coefficient (Wildman–Crippen LogP) is 4.73. The molecule has 5 rings (SSSR count). The Balaban J connectivity index is 1.08. The maximum Gasteiger partial charge on any atom is 0.289 e. The van der Waals surface area contributed by atoms with E-state index >= 15 is 0 Å². The van der Waals surface area contributed by atoms with Crippen molar-refractivity contribution in [3.8, 4) is 5.75 Å². The molecule has 6 heteroatoms. The van der Waals surface area contributed by atoms with Crippen LogP contribution < -0.4 is 4.74 Å². The van der Waals surface area contributed by atoms with Crippen molar-refractivity contribution >= 4 is 16.7 Å². The van der Waals surface area contributed by atoms with Crippen molar-refractivity contribution in [1.29, 1.82) is 0 Å². The van der Waals surface area contributed by atoms with Crippen LogP contribution >= 0.6 is 0 Å². The summed E-state index contributed by atoms with van der Waals surface area (Å²) in [5, 5.41) is 2.31. The largest absolute Gasteiger partial charge is 0.486 e. The van der Waals surface area contributed by atoms with Gasteiger partial charge < -0.3 is 23.7 Å². The predicted molar refractivity (Wildman–Crippen MR) is 128 cm³/mol. The first-order valence-electron chi connectivity index (χ1n) is 12.1. The lowest BCUT2D eigenvalue weighted by atomic mass is 10.1. The summed E-state index contributed by atoms with van der Waals surface area (Å²) < 4.78 is 17.7. The average Bonchev–Trinajstić information content (AvgIpc) is 3.53. The molecule has 33 heavy (non-hydrogen) atoms. The van der Waals surface area contributed by atoms with Gasteiger partial charge in [-0.3, -0.25) is 4.79 Å². The summed E-state index contributed by atoms with van der Waals surface area (Å²) in [7, 11) is 0. The summed E-state index contributed by atoms with van der Waals surface area (Å²) in [6.45, 7) is 5.72. The number of hydrogen-bond acceptors (Lipinski definition) is 5. The van der Waals surface area contributed by atoms with Gasteiger partial charge in [-0.05, 0) is 67.4 Å². The molecule has 2 fully saturated rings. The third kappa shape index (κ3) is 5.57. The number of carbonyl (C=O) groups excluding carboxylic acids is 1. The lowest BCUT2D eigenvalue weighted by Gasteiger charge is -2.26. The highest BCUT2D eigenvalue weighted by Gasteiger charge is 2.29. The van der Waals surface area contributed by atoms with E-state index in [1.165, 1.54) is 37.7 Å². The smallest absolute Gasteiger partial charge is 0.289 e. The Bertz CT molecular complexity index is 1070. The molecule has 3 aromatic rings. The molecule has 3 heterocycles. The van der Waals surface area contributed by atoms with Crippen molar-refractivity contribution in [2.75, 3.05) is 39.3 Å². The zero-order valence-electron chi connectivity index (χ0n) is 19.1. The zero-order chi connectivity index (χ0) is 22.5. The number of nitrogens with zero attached hydrogens (tertiary/aromatic N) is 2. The Morgan fingerprint density at radius 3 is 2.70 bits per heavy atom. The Kier molecular flexibility index (Phi) is 6.93. The molecule has 174 valence electrons. The number of carbonyl (C=O) groups is 1. The van der Waals surface area contributed by atoms with Crippen LogP contribution in [0, 0.1) is 0 Å². The molecule has 2 aliphatic rings. The highest BCUT2D eigenvalue weighted by atomic mass is 16.5. The van der Waals surface area contributed by atoms with Crippen LogP contribution in [-0.2, 0) is 11.3 Å². The maximum atomic E-state index is 12.9. The van der Waals surface area contributed by atoms with Crippen LogP contribution in [0.4, 0.5) is 0 Å². The average molecular weight is 449 g/mol. The summed E-state index contributed by atoms with van der Waals surface area (Å²) in [4.78, 5) is 17.2. The normalized spacial score (nSPS) is 19.3. The van der Waals surface area contributed by atoms with Gasteiger partial charge in [0.2, 0.25) is 0 Å². The molecule has 0 unspecified atom stereocenters. The highest BCUT2D eigenvalue weighted by molar-refractivity contribution is 5.91. The van der Waals surface area contributed by atoms with Crippen LogP contribution in [0.3, 0.4) is 0 Å². The van der Waals surface area contributed by atoms with E-state index in [1.54, 1.807) is 6.07 Å². The number of piperidine rings is 1. The molecular formula is C27H32N2O4. The summed E-state index contributed by atoms with van der Waals surface area (Å²) in [6.07, 6.45) is 4.93. The molecule has 0 spiro atoms. The maximum absolute atomic E-state index is 12.9. The fraction of sp³-hybridized carbons (Fsp3) is 0.444. The minimum atomic E-state index is -0.0749. The number of amides is 1. The van der Waals surface area contributed by atoms with Gasteiger partial charge in [-0.2, -0.15) is 0 Å². The van der Waals surface area contributed by atoms with E-state index in [0.29, 0.717) is 24.6 Å². The SMILES string of the molecule is O=C(c1ccc(COc2ccc3ccccc3c2)o1)N1CC[C@H](OCCN2CCCCC2)C1. The fourth-order valence-corrected chi connectivity index (χ4v) is 4.72. The van der Waals surface area contributed by atoms with Gasteiger partial charge in [0.05, 0.1) is 12.7 Å². The van der Waals surface area contributed by atoms with E-state index in [-0.39, 0.29) is 18.6 Å². The lowest BCUT2D eigenvalue weighted by molar-refractivity contribution is 0.0374. The molecule has 0 N–H and O–H groups in total. The fourth-order valence-electron chi connectivity index (χ4n) is 4.72. The van der Waals surface area contributed by atoms with Gasteiger partial charge in [-0.1, -0.05) is 36.8 Å². The lowest BCUT2D eigenvalue weighted by Crippen LogP contribution is -2.34. The van der Waals surface area contributed by atoms with Crippen LogP contribution in [0.25, 0.3) is 10.8 Å². The van der Waals surface area contributed by atoms with Crippen molar-refractivity contribution in [2.24, 2.45) is 0 Å². The standard InChI is InChI=1S/C27H32N2O4/c30-27(29-15-12-24(19-29)31-17-16-28-13-4-1-5-14-28)26-11-10-25(33-26)20-32-23-9-8-21-6-2-3-7-22(21)18-23/h2-3,6-11,18,24H,1,4-5,12-17,19-20H2/t24-/m0/s1. The molecule has 0 aliphatic carbocycles. The van der Waals surface area contributed by atoms with Crippen LogP contribution in [0.1, 0.15) is 42.0 Å². The van der Waals surface area contributed by atoms with E-state index in [0.717, 1.165) is 30.7 Å². The molecule has 2 aliphatic heterocycles. The molecular weight excluding hydrogens is 416 g/mol. The van der Waals surface area contributed by atoms with E-state index < -0.39 is 0 Å². The van der Waals surface area contributed by atoms with Gasteiger partial charge in [0, 0.05) is 19.6 Å². The quantitative estimate of drug-likeness (QED) is 0.499. The second-order valence-electron chi connectivity index (χ2n) is 9.00. The first kappa shape index (κ1) is 22.0. The molecule has 2 aromatic carbocycles. The summed E-state index contributed by atoms with van der Waals surface area (Å²) >= 11 is 0. The molecule has 0 bridgehead atoms. The number of likely N-dealkylation sites (tertiary alicyclic amines) is 2. The minimum Gasteiger partial charge on any atom is -0.486 e. The zero-order valence-corrected chi connectivity index (χ0v) is 19.1. The molecule has 0 radical (unpaired) electrons. The van der Waals surface area contributed by atoms with Crippen molar-refractivity contribution in [3.05, 3.63) is 66.1 Å². The molecule has 0 saturated carbocycles. The number of ether oxygens (including phenoxy) is 2. The summed E-state index contributed by atoms with van der Waals surface area (Å²) in [6, 6.07) is 17.7. The number of benzene rings is 2. The third-order valence-electron chi connectivity index (χ3n) is 6.62. The van der Waals surface area contributed by atoms with Gasteiger partial charge >= 0.3 is 0 Å². The van der Waals surface area contributed by atoms with Crippen molar-refractivity contribution in [1.82, 2.24) is 9.80 Å². The molecule has 1 atom stereocenters. The Hall–Kier alpha value is -2.83. The van der Waals surface area contributed by atoms with E-state index in [4.69, 9.17) is 13.9 Å². The Morgan fingerprint density at radius 1 is 0.970 bits per heavy atom. The van der Waals surface area contributed by atoms with Crippen LogP contribution in [0.5, 0.6) is 5.75 Å². The van der Waals surface area contributed by atoms with Crippen molar-refractivity contribution in [2.45, 2.75) is 38.4 Å². The summed E-state index contributed by atoms with van der Waals surface area (Å²) in [5.41, 5.74) is 0. The molecule has 1 amide bonds. The molecule has 6 nitrogen and oxygen atoms in total. The van der Waals surface area contributed by atoms with Gasteiger partial charge in [0.25, 0.3) is 5.91 Å². The van der Waals surface area contributed by atoms with E-state index in [2.05, 4.69) is 17.0 Å². The van der Waals surface area contributed by atoms with Crippen LogP contribution in [-0.4, -0.2) is 61.1 Å². The third-order valence-corrected chi connectivity index (χ3v) is 6.62. The van der Waals surface area contributed by atoms with Gasteiger partial charge in [-0.15, -0.1) is 0 Å². The monoisotopic (exact) mass is 448 g/mol. The van der Waals surface area contributed by atoms with E-state index in [9.17, 15) is 4.79 Å². The topological polar surface area (TPSA) is 55.1 Å². The number of rotatable bonds is 8.